The molecule has 122 valence electrons. The van der Waals surface area contributed by atoms with E-state index in [1.54, 1.807) is 0 Å². The van der Waals surface area contributed by atoms with Crippen molar-refractivity contribution in [2.75, 3.05) is 11.1 Å². The maximum absolute atomic E-state index is 12.2. The largest absolute Gasteiger partial charge is 0.397 e. The number of nitrogens with two attached hydrogens (primary N) is 1. The summed E-state index contributed by atoms with van der Waals surface area (Å²) < 4.78 is 1.46. The van der Waals surface area contributed by atoms with Crippen molar-refractivity contribution in [1.29, 1.82) is 0 Å². The second kappa shape index (κ2) is 6.81. The number of aromatic nitrogens is 2. The molecule has 1 aliphatic rings. The monoisotopic (exact) mass is 352 g/mol. The summed E-state index contributed by atoms with van der Waals surface area (Å²) in [6.07, 6.45) is 5.02. The number of nitrogens with one attached hydrogen (secondary N) is 1. The zero-order valence-electron chi connectivity index (χ0n) is 12.5. The Balaban J connectivity index is 1.66. The summed E-state index contributed by atoms with van der Waals surface area (Å²) >= 11 is 11.7. The predicted octanol–water partition coefficient (Wildman–Crippen LogP) is 3.73. The van der Waals surface area contributed by atoms with Crippen LogP contribution in [0.2, 0.25) is 10.0 Å². The molecule has 0 amide bonds. The van der Waals surface area contributed by atoms with Gasteiger partial charge in [-0.1, -0.05) is 35.3 Å². The maximum atomic E-state index is 12.2. The molecule has 7 heteroatoms. The van der Waals surface area contributed by atoms with Crippen molar-refractivity contribution in [3.8, 4) is 0 Å². The highest BCUT2D eigenvalue weighted by Gasteiger charge is 2.25. The summed E-state index contributed by atoms with van der Waals surface area (Å²) in [5.41, 5.74) is 7.35. The van der Waals surface area contributed by atoms with Crippen molar-refractivity contribution in [2.45, 2.75) is 37.8 Å². The number of nitrogen functional groups attached to an aromatic ring is 1. The lowest BCUT2D eigenvalue weighted by Crippen LogP contribution is -2.33. The molecular formula is C16H18Cl2N4O. The molecule has 0 saturated heterocycles. The van der Waals surface area contributed by atoms with Gasteiger partial charge in [0.15, 0.2) is 0 Å². The quantitative estimate of drug-likeness (QED) is 0.825. The molecule has 1 aromatic heterocycles. The van der Waals surface area contributed by atoms with E-state index in [9.17, 15) is 4.79 Å². The summed E-state index contributed by atoms with van der Waals surface area (Å²) in [4.78, 5) is 12.2. The Morgan fingerprint density at radius 1 is 1.17 bits per heavy atom. The van der Waals surface area contributed by atoms with Crippen LogP contribution in [0.15, 0.2) is 35.3 Å². The second-order valence-electron chi connectivity index (χ2n) is 5.79. The molecule has 0 radical (unpaired) electrons. The first kappa shape index (κ1) is 16.1. The van der Waals surface area contributed by atoms with Crippen LogP contribution in [0.25, 0.3) is 0 Å². The average molecular weight is 353 g/mol. The Morgan fingerprint density at radius 2 is 1.87 bits per heavy atom. The maximum Gasteiger partial charge on any atom is 0.287 e. The van der Waals surface area contributed by atoms with E-state index < -0.39 is 0 Å². The second-order valence-corrected chi connectivity index (χ2v) is 6.58. The molecular weight excluding hydrogens is 335 g/mol. The van der Waals surface area contributed by atoms with Gasteiger partial charge in [0, 0.05) is 6.04 Å². The molecule has 0 spiro atoms. The molecule has 3 N–H and O–H groups in total. The summed E-state index contributed by atoms with van der Waals surface area (Å²) in [7, 11) is 0. The lowest BCUT2D eigenvalue weighted by molar-refractivity contribution is 0.304. The third kappa shape index (κ3) is 3.46. The Hall–Kier alpha value is -1.72. The minimum Gasteiger partial charge on any atom is -0.397 e. The summed E-state index contributed by atoms with van der Waals surface area (Å²) in [6.45, 7) is 0. The highest BCUT2D eigenvalue weighted by Crippen LogP contribution is 2.30. The summed E-state index contributed by atoms with van der Waals surface area (Å²) in [6, 6.07) is 8.14. The summed E-state index contributed by atoms with van der Waals surface area (Å²) in [5.74, 6) is 0. The molecule has 3 rings (SSSR count). The van der Waals surface area contributed by atoms with Gasteiger partial charge < -0.3 is 11.1 Å². The molecule has 0 aliphatic heterocycles. The molecule has 1 aromatic carbocycles. The fourth-order valence-electron chi connectivity index (χ4n) is 3.00. The topological polar surface area (TPSA) is 72.9 Å². The minimum absolute atomic E-state index is 0.0407. The van der Waals surface area contributed by atoms with Crippen LogP contribution >= 0.6 is 23.2 Å². The third-order valence-electron chi connectivity index (χ3n) is 4.26. The van der Waals surface area contributed by atoms with Crippen molar-refractivity contribution in [3.05, 3.63) is 50.9 Å². The third-order valence-corrected chi connectivity index (χ3v) is 5.01. The highest BCUT2D eigenvalue weighted by atomic mass is 35.5. The van der Waals surface area contributed by atoms with E-state index in [1.165, 1.54) is 10.9 Å². The minimum atomic E-state index is -0.317. The van der Waals surface area contributed by atoms with E-state index in [4.69, 9.17) is 28.9 Å². The van der Waals surface area contributed by atoms with E-state index >= 15 is 0 Å². The molecule has 1 saturated carbocycles. The number of hydrogen-bond acceptors (Lipinski definition) is 4. The molecule has 0 unspecified atom stereocenters. The van der Waals surface area contributed by atoms with Crippen LogP contribution in [0.5, 0.6) is 0 Å². The fourth-order valence-corrected chi connectivity index (χ4v) is 3.26. The smallest absolute Gasteiger partial charge is 0.287 e. The lowest BCUT2D eigenvalue weighted by atomic mass is 9.91. The zero-order valence-corrected chi connectivity index (χ0v) is 14.0. The van der Waals surface area contributed by atoms with E-state index in [-0.39, 0.29) is 21.6 Å². The molecule has 1 fully saturated rings. The van der Waals surface area contributed by atoms with Crippen LogP contribution in [0.1, 0.15) is 31.7 Å². The number of halogens is 2. The normalized spacial score (nSPS) is 21.1. The van der Waals surface area contributed by atoms with Gasteiger partial charge in [-0.05, 0) is 37.8 Å². The van der Waals surface area contributed by atoms with Gasteiger partial charge in [0.05, 0.1) is 28.6 Å². The zero-order chi connectivity index (χ0) is 16.4. The van der Waals surface area contributed by atoms with E-state index in [2.05, 4.69) is 10.4 Å². The predicted molar refractivity (Wildman–Crippen MR) is 94.3 cm³/mol. The van der Waals surface area contributed by atoms with Crippen LogP contribution in [-0.2, 0) is 0 Å². The highest BCUT2D eigenvalue weighted by molar-refractivity contribution is 6.41. The Morgan fingerprint density at radius 3 is 2.57 bits per heavy atom. The molecule has 5 nitrogen and oxygen atoms in total. The Bertz CT molecular complexity index is 754. The van der Waals surface area contributed by atoms with Gasteiger partial charge in [-0.25, -0.2) is 4.68 Å². The van der Waals surface area contributed by atoms with Crippen LogP contribution in [-0.4, -0.2) is 15.8 Å². The Kier molecular flexibility index (Phi) is 4.78. The number of hydrogen-bond donors (Lipinski definition) is 2. The number of para-hydroxylation sites is 2. The van der Waals surface area contributed by atoms with Crippen molar-refractivity contribution in [2.24, 2.45) is 0 Å². The molecule has 0 atom stereocenters. The number of anilines is 2. The van der Waals surface area contributed by atoms with Gasteiger partial charge in [0.1, 0.15) is 5.02 Å². The standard InChI is InChI=1S/C16H18Cl2N4O/c17-12-9-20-22(16(23)15(12)18)11-7-5-10(6-8-11)21-14-4-2-1-3-13(14)19/h1-4,9-11,21H,5-8,19H2. The van der Waals surface area contributed by atoms with Crippen LogP contribution < -0.4 is 16.6 Å². The van der Waals surface area contributed by atoms with Crippen LogP contribution in [0, 0.1) is 0 Å². The Labute approximate surface area is 144 Å². The van der Waals surface area contributed by atoms with Crippen LogP contribution in [0.4, 0.5) is 11.4 Å². The average Bonchev–Trinajstić information content (AvgIpc) is 2.56. The van der Waals surface area contributed by atoms with Gasteiger partial charge in [0.2, 0.25) is 0 Å². The fraction of sp³-hybridized carbons (Fsp3) is 0.375. The van der Waals surface area contributed by atoms with E-state index in [0.717, 1.165) is 37.1 Å². The summed E-state index contributed by atoms with van der Waals surface area (Å²) in [5, 5.41) is 7.85. The van der Waals surface area contributed by atoms with Crippen LogP contribution in [0.3, 0.4) is 0 Å². The first-order chi connectivity index (χ1) is 11.1. The molecule has 1 heterocycles. The molecule has 1 aliphatic carbocycles. The van der Waals surface area contributed by atoms with Crippen molar-refractivity contribution < 1.29 is 0 Å². The van der Waals surface area contributed by atoms with Gasteiger partial charge in [-0.2, -0.15) is 5.10 Å². The lowest BCUT2D eigenvalue weighted by Gasteiger charge is -2.30. The van der Waals surface area contributed by atoms with Crippen molar-refractivity contribution in [1.82, 2.24) is 9.78 Å². The van der Waals surface area contributed by atoms with Gasteiger partial charge >= 0.3 is 0 Å². The van der Waals surface area contributed by atoms with E-state index in [0.29, 0.717) is 6.04 Å². The number of rotatable bonds is 3. The number of nitrogens with zero attached hydrogens (tertiary/aromatic N) is 2. The SMILES string of the molecule is Nc1ccccc1NC1CCC(n2ncc(Cl)c(Cl)c2=O)CC1. The molecule has 0 bridgehead atoms. The molecule has 23 heavy (non-hydrogen) atoms. The van der Waals surface area contributed by atoms with Crippen molar-refractivity contribution in [3.63, 3.8) is 0 Å². The number of benzene rings is 1. The molecule has 2 aromatic rings. The first-order valence-electron chi connectivity index (χ1n) is 7.60. The van der Waals surface area contributed by atoms with E-state index in [1.807, 2.05) is 24.3 Å². The van der Waals surface area contributed by atoms with Gasteiger partial charge in [0.25, 0.3) is 5.56 Å². The van der Waals surface area contributed by atoms with Crippen molar-refractivity contribution >= 4 is 34.6 Å². The first-order valence-corrected chi connectivity index (χ1v) is 8.35. The van der Waals surface area contributed by atoms with Gasteiger partial charge in [-0.15, -0.1) is 0 Å². The van der Waals surface area contributed by atoms with Gasteiger partial charge in [-0.3, -0.25) is 4.79 Å².